The minimum Gasteiger partial charge on any atom is -0.324 e. The first-order valence-corrected chi connectivity index (χ1v) is 6.64. The van der Waals surface area contributed by atoms with Gasteiger partial charge in [-0.15, -0.1) is 0 Å². The Balaban J connectivity index is 2.82. The van der Waals surface area contributed by atoms with Crippen LogP contribution in [0.1, 0.15) is 43.9 Å². The summed E-state index contributed by atoms with van der Waals surface area (Å²) in [5.41, 5.74) is 8.86. The van der Waals surface area contributed by atoms with Crippen LogP contribution in [-0.4, -0.2) is 0 Å². The summed E-state index contributed by atoms with van der Waals surface area (Å²) in [6.07, 6.45) is 2.28. The molecule has 2 atom stereocenters. The van der Waals surface area contributed by atoms with Crippen molar-refractivity contribution < 1.29 is 0 Å². The highest BCUT2D eigenvalue weighted by atomic mass is 127. The molecule has 1 nitrogen and oxygen atoms in total. The standard InChI is InChI=1S/C13H20IN/c1-4-9(2)8-12(15)11-7-5-6-10(3)13(11)14/h5-7,9,12H,4,8,15H2,1-3H3. The highest BCUT2D eigenvalue weighted by Gasteiger charge is 2.13. The summed E-state index contributed by atoms with van der Waals surface area (Å²) in [5.74, 6) is 0.705. The van der Waals surface area contributed by atoms with Gasteiger partial charge < -0.3 is 5.73 Å². The van der Waals surface area contributed by atoms with Crippen LogP contribution in [0.5, 0.6) is 0 Å². The van der Waals surface area contributed by atoms with Gasteiger partial charge in [-0.2, -0.15) is 0 Å². The van der Waals surface area contributed by atoms with Crippen molar-refractivity contribution in [3.8, 4) is 0 Å². The lowest BCUT2D eigenvalue weighted by Crippen LogP contribution is -2.15. The molecule has 0 heterocycles. The molecule has 0 saturated heterocycles. The van der Waals surface area contributed by atoms with E-state index in [9.17, 15) is 0 Å². The number of rotatable bonds is 4. The second kappa shape index (κ2) is 5.85. The zero-order valence-corrected chi connectivity index (χ0v) is 11.9. The average molecular weight is 317 g/mol. The van der Waals surface area contributed by atoms with E-state index in [1.807, 2.05) is 0 Å². The van der Waals surface area contributed by atoms with Crippen molar-refractivity contribution in [2.45, 2.75) is 39.7 Å². The van der Waals surface area contributed by atoms with E-state index in [1.54, 1.807) is 0 Å². The van der Waals surface area contributed by atoms with Crippen LogP contribution in [0.4, 0.5) is 0 Å². The van der Waals surface area contributed by atoms with Gasteiger partial charge in [0.1, 0.15) is 0 Å². The van der Waals surface area contributed by atoms with Gasteiger partial charge in [0.05, 0.1) is 0 Å². The summed E-state index contributed by atoms with van der Waals surface area (Å²) in [5, 5.41) is 0. The fraction of sp³-hybridized carbons (Fsp3) is 0.538. The van der Waals surface area contributed by atoms with E-state index in [0.29, 0.717) is 5.92 Å². The lowest BCUT2D eigenvalue weighted by molar-refractivity contribution is 0.460. The lowest BCUT2D eigenvalue weighted by atomic mass is 9.94. The predicted molar refractivity (Wildman–Crippen MR) is 74.9 cm³/mol. The van der Waals surface area contributed by atoms with Crippen LogP contribution in [0.25, 0.3) is 0 Å². The third kappa shape index (κ3) is 3.45. The summed E-state index contributed by atoms with van der Waals surface area (Å²) >= 11 is 2.40. The van der Waals surface area contributed by atoms with Gasteiger partial charge in [-0.3, -0.25) is 0 Å². The van der Waals surface area contributed by atoms with E-state index in [4.69, 9.17) is 5.73 Å². The molecule has 2 unspecified atom stereocenters. The minimum atomic E-state index is 0.187. The maximum atomic E-state index is 6.24. The summed E-state index contributed by atoms with van der Waals surface area (Å²) in [6, 6.07) is 6.58. The van der Waals surface area contributed by atoms with Crippen molar-refractivity contribution in [1.29, 1.82) is 0 Å². The van der Waals surface area contributed by atoms with Crippen LogP contribution in [0.2, 0.25) is 0 Å². The van der Waals surface area contributed by atoms with Gasteiger partial charge in [-0.1, -0.05) is 38.5 Å². The first-order valence-electron chi connectivity index (χ1n) is 5.56. The SMILES string of the molecule is CCC(C)CC(N)c1cccc(C)c1I. The zero-order chi connectivity index (χ0) is 11.4. The van der Waals surface area contributed by atoms with Crippen LogP contribution in [0.3, 0.4) is 0 Å². The molecule has 84 valence electrons. The molecular formula is C13H20IN. The molecule has 0 fully saturated rings. The maximum absolute atomic E-state index is 6.24. The summed E-state index contributed by atoms with van der Waals surface area (Å²) in [6.45, 7) is 6.63. The third-order valence-corrected chi connectivity index (χ3v) is 4.45. The molecule has 2 heteroatoms. The molecule has 0 radical (unpaired) electrons. The molecule has 0 aliphatic carbocycles. The Morgan fingerprint density at radius 1 is 1.40 bits per heavy atom. The van der Waals surface area contributed by atoms with Crippen molar-refractivity contribution in [2.75, 3.05) is 0 Å². The Hall–Kier alpha value is -0.0900. The minimum absolute atomic E-state index is 0.187. The Morgan fingerprint density at radius 2 is 2.07 bits per heavy atom. The van der Waals surface area contributed by atoms with Crippen LogP contribution in [0, 0.1) is 16.4 Å². The van der Waals surface area contributed by atoms with E-state index < -0.39 is 0 Å². The molecule has 0 saturated carbocycles. The molecule has 1 rings (SSSR count). The first-order chi connectivity index (χ1) is 7.06. The fourth-order valence-electron chi connectivity index (χ4n) is 1.68. The maximum Gasteiger partial charge on any atom is 0.0308 e. The van der Waals surface area contributed by atoms with Gasteiger partial charge in [-0.25, -0.2) is 0 Å². The Kier molecular flexibility index (Phi) is 5.06. The van der Waals surface area contributed by atoms with Gasteiger partial charge in [0.25, 0.3) is 0 Å². The zero-order valence-electron chi connectivity index (χ0n) is 9.76. The number of hydrogen-bond acceptors (Lipinski definition) is 1. The second-order valence-electron chi connectivity index (χ2n) is 4.33. The van der Waals surface area contributed by atoms with Crippen molar-refractivity contribution >= 4 is 22.6 Å². The number of aryl methyl sites for hydroxylation is 1. The average Bonchev–Trinajstić information content (AvgIpc) is 2.21. The van der Waals surface area contributed by atoms with Gasteiger partial charge in [0.2, 0.25) is 0 Å². The molecule has 0 aliphatic rings. The Morgan fingerprint density at radius 3 is 2.67 bits per heavy atom. The monoisotopic (exact) mass is 317 g/mol. The van der Waals surface area contributed by atoms with Crippen LogP contribution >= 0.6 is 22.6 Å². The normalized spacial score (nSPS) is 15.0. The third-order valence-electron chi connectivity index (χ3n) is 2.97. The lowest BCUT2D eigenvalue weighted by Gasteiger charge is -2.18. The molecule has 0 aliphatic heterocycles. The molecule has 0 bridgehead atoms. The van der Waals surface area contributed by atoms with Crippen molar-refractivity contribution in [2.24, 2.45) is 11.7 Å². The molecule has 0 aromatic heterocycles. The molecule has 0 amide bonds. The highest BCUT2D eigenvalue weighted by Crippen LogP contribution is 2.26. The molecule has 0 spiro atoms. The molecule has 15 heavy (non-hydrogen) atoms. The van der Waals surface area contributed by atoms with E-state index >= 15 is 0 Å². The van der Waals surface area contributed by atoms with Crippen molar-refractivity contribution in [3.05, 3.63) is 32.9 Å². The van der Waals surface area contributed by atoms with Crippen molar-refractivity contribution in [3.63, 3.8) is 0 Å². The number of benzene rings is 1. The molecular weight excluding hydrogens is 297 g/mol. The van der Waals surface area contributed by atoms with E-state index in [2.05, 4.69) is 61.6 Å². The quantitative estimate of drug-likeness (QED) is 0.834. The number of hydrogen-bond donors (Lipinski definition) is 1. The smallest absolute Gasteiger partial charge is 0.0308 e. The van der Waals surface area contributed by atoms with Crippen molar-refractivity contribution in [1.82, 2.24) is 0 Å². The summed E-state index contributed by atoms with van der Waals surface area (Å²) in [4.78, 5) is 0. The first kappa shape index (κ1) is 13.0. The number of halogens is 1. The highest BCUT2D eigenvalue weighted by molar-refractivity contribution is 14.1. The second-order valence-corrected chi connectivity index (χ2v) is 5.41. The summed E-state index contributed by atoms with van der Waals surface area (Å²) in [7, 11) is 0. The molecule has 1 aromatic rings. The summed E-state index contributed by atoms with van der Waals surface area (Å²) < 4.78 is 1.32. The van der Waals surface area contributed by atoms with Crippen LogP contribution < -0.4 is 5.73 Å². The number of nitrogens with two attached hydrogens (primary N) is 1. The Bertz CT molecular complexity index is 322. The van der Waals surface area contributed by atoms with Crippen LogP contribution in [-0.2, 0) is 0 Å². The largest absolute Gasteiger partial charge is 0.324 e. The Labute approximate surface area is 107 Å². The van der Waals surface area contributed by atoms with E-state index in [1.165, 1.54) is 21.1 Å². The molecule has 1 aromatic carbocycles. The predicted octanol–water partition coefficient (Wildman–Crippen LogP) is 4.04. The fourth-order valence-corrected chi connectivity index (χ4v) is 2.44. The van der Waals surface area contributed by atoms with E-state index in [0.717, 1.165) is 6.42 Å². The van der Waals surface area contributed by atoms with E-state index in [-0.39, 0.29) is 6.04 Å². The van der Waals surface area contributed by atoms with Gasteiger partial charge in [-0.05, 0) is 53.0 Å². The molecule has 2 N–H and O–H groups in total. The van der Waals surface area contributed by atoms with Gasteiger partial charge in [0, 0.05) is 9.61 Å². The topological polar surface area (TPSA) is 26.0 Å². The van der Waals surface area contributed by atoms with Gasteiger partial charge in [0.15, 0.2) is 0 Å². The van der Waals surface area contributed by atoms with Gasteiger partial charge >= 0.3 is 0 Å². The van der Waals surface area contributed by atoms with Crippen LogP contribution in [0.15, 0.2) is 18.2 Å².